The summed E-state index contributed by atoms with van der Waals surface area (Å²) in [5.41, 5.74) is 0.903. The maximum absolute atomic E-state index is 12.8. The van der Waals surface area contributed by atoms with Crippen LogP contribution < -0.4 is 4.90 Å². The Morgan fingerprint density at radius 2 is 1.87 bits per heavy atom. The van der Waals surface area contributed by atoms with Gasteiger partial charge in [0.1, 0.15) is 0 Å². The summed E-state index contributed by atoms with van der Waals surface area (Å²) < 4.78 is 16.3. The highest BCUT2D eigenvalue weighted by atomic mass is 16.6. The number of benzene rings is 1. The van der Waals surface area contributed by atoms with Crippen molar-refractivity contribution in [3.05, 3.63) is 30.3 Å². The van der Waals surface area contributed by atoms with Crippen molar-refractivity contribution in [2.45, 2.75) is 6.10 Å². The van der Waals surface area contributed by atoms with E-state index in [-0.39, 0.29) is 5.91 Å². The summed E-state index contributed by atoms with van der Waals surface area (Å²) in [7, 11) is 0. The third kappa shape index (κ3) is 4.51. The number of nitrogens with zero attached hydrogens (tertiary/aromatic N) is 2. The molecule has 0 radical (unpaired) electrons. The number of ether oxygens (including phenoxy) is 3. The topological polar surface area (TPSA) is 51.2 Å². The molecule has 1 unspecified atom stereocenters. The number of anilines is 1. The molecule has 2 saturated heterocycles. The predicted molar refractivity (Wildman–Crippen MR) is 86.6 cm³/mol. The lowest BCUT2D eigenvalue weighted by atomic mass is 10.2. The molecule has 0 N–H and O–H groups in total. The van der Waals surface area contributed by atoms with Crippen LogP contribution in [0.1, 0.15) is 0 Å². The summed E-state index contributed by atoms with van der Waals surface area (Å²) in [5.74, 6) is -0.0239. The minimum Gasteiger partial charge on any atom is -0.379 e. The minimum atomic E-state index is -0.506. The van der Waals surface area contributed by atoms with Gasteiger partial charge in [0.25, 0.3) is 5.91 Å². The fourth-order valence-corrected chi connectivity index (χ4v) is 2.84. The number of morpholine rings is 1. The summed E-state index contributed by atoms with van der Waals surface area (Å²) in [6.45, 7) is 6.20. The van der Waals surface area contributed by atoms with Gasteiger partial charge in [-0.25, -0.2) is 0 Å². The van der Waals surface area contributed by atoms with E-state index in [2.05, 4.69) is 4.90 Å². The van der Waals surface area contributed by atoms with E-state index in [1.54, 1.807) is 0 Å². The van der Waals surface area contributed by atoms with E-state index in [9.17, 15) is 4.79 Å². The first kappa shape index (κ1) is 16.4. The van der Waals surface area contributed by atoms with Crippen LogP contribution in [-0.4, -0.2) is 76.1 Å². The van der Waals surface area contributed by atoms with Gasteiger partial charge in [0.05, 0.1) is 33.0 Å². The lowest BCUT2D eigenvalue weighted by Crippen LogP contribution is -2.49. The third-order valence-corrected chi connectivity index (χ3v) is 4.17. The van der Waals surface area contributed by atoms with Crippen LogP contribution in [0.2, 0.25) is 0 Å². The second-order valence-electron chi connectivity index (χ2n) is 5.71. The Bertz CT molecular complexity index is 485. The van der Waals surface area contributed by atoms with Crippen LogP contribution in [0, 0.1) is 0 Å². The Labute approximate surface area is 136 Å². The second-order valence-corrected chi connectivity index (χ2v) is 5.71. The Hall–Kier alpha value is -1.47. The Balaban J connectivity index is 1.66. The van der Waals surface area contributed by atoms with Gasteiger partial charge in [-0.3, -0.25) is 9.69 Å². The molecule has 2 heterocycles. The summed E-state index contributed by atoms with van der Waals surface area (Å²) in [6.07, 6.45) is -0.506. The van der Waals surface area contributed by atoms with Gasteiger partial charge in [0, 0.05) is 31.9 Å². The Morgan fingerprint density at radius 1 is 1.09 bits per heavy atom. The van der Waals surface area contributed by atoms with Crippen molar-refractivity contribution in [2.75, 3.05) is 64.1 Å². The SMILES string of the molecule is O=C(C1COCCO1)N(CCN1CCOCC1)c1ccccc1. The first-order valence-electron chi connectivity index (χ1n) is 8.20. The monoisotopic (exact) mass is 320 g/mol. The van der Waals surface area contributed by atoms with Crippen LogP contribution in [-0.2, 0) is 19.0 Å². The lowest BCUT2D eigenvalue weighted by Gasteiger charge is -2.32. The molecule has 0 bridgehead atoms. The number of hydrogen-bond donors (Lipinski definition) is 0. The predicted octanol–water partition coefficient (Wildman–Crippen LogP) is 0.767. The summed E-state index contributed by atoms with van der Waals surface area (Å²) in [6, 6.07) is 9.77. The molecule has 0 aliphatic carbocycles. The highest BCUT2D eigenvalue weighted by molar-refractivity contribution is 5.96. The van der Waals surface area contributed by atoms with Crippen molar-refractivity contribution < 1.29 is 19.0 Å². The van der Waals surface area contributed by atoms with Gasteiger partial charge in [-0.15, -0.1) is 0 Å². The van der Waals surface area contributed by atoms with Crippen molar-refractivity contribution in [1.29, 1.82) is 0 Å². The van der Waals surface area contributed by atoms with Crippen LogP contribution in [0.5, 0.6) is 0 Å². The van der Waals surface area contributed by atoms with Crippen molar-refractivity contribution >= 4 is 11.6 Å². The van der Waals surface area contributed by atoms with Crippen LogP contribution in [0.4, 0.5) is 5.69 Å². The number of para-hydroxylation sites is 1. The molecule has 126 valence electrons. The maximum atomic E-state index is 12.8. The number of carbonyl (C=O) groups excluding carboxylic acids is 1. The fraction of sp³-hybridized carbons (Fsp3) is 0.588. The molecular weight excluding hydrogens is 296 g/mol. The van der Waals surface area contributed by atoms with Crippen LogP contribution in [0.15, 0.2) is 30.3 Å². The van der Waals surface area contributed by atoms with Gasteiger partial charge in [-0.2, -0.15) is 0 Å². The van der Waals surface area contributed by atoms with Crippen LogP contribution >= 0.6 is 0 Å². The zero-order valence-electron chi connectivity index (χ0n) is 13.4. The van der Waals surface area contributed by atoms with Crippen LogP contribution in [0.3, 0.4) is 0 Å². The smallest absolute Gasteiger partial charge is 0.258 e. The standard InChI is InChI=1S/C17H24N2O4/c20-17(16-14-22-12-13-23-16)19(15-4-2-1-3-5-15)7-6-18-8-10-21-11-9-18/h1-5,16H,6-14H2. The molecule has 2 fully saturated rings. The van der Waals surface area contributed by atoms with Crippen molar-refractivity contribution in [2.24, 2.45) is 0 Å². The van der Waals surface area contributed by atoms with E-state index in [0.29, 0.717) is 26.4 Å². The van der Waals surface area contributed by atoms with E-state index >= 15 is 0 Å². The molecule has 23 heavy (non-hydrogen) atoms. The molecule has 1 amide bonds. The maximum Gasteiger partial charge on any atom is 0.258 e. The normalized spacial score (nSPS) is 22.7. The number of carbonyl (C=O) groups is 1. The number of hydrogen-bond acceptors (Lipinski definition) is 5. The minimum absolute atomic E-state index is 0.0239. The average molecular weight is 320 g/mol. The Kier molecular flexibility index (Phi) is 5.99. The number of rotatable bonds is 5. The molecule has 1 aromatic rings. The third-order valence-electron chi connectivity index (χ3n) is 4.17. The molecule has 0 saturated carbocycles. The van der Waals surface area contributed by atoms with Gasteiger partial charge in [0.2, 0.25) is 0 Å². The van der Waals surface area contributed by atoms with Crippen molar-refractivity contribution in [3.63, 3.8) is 0 Å². The molecule has 3 rings (SSSR count). The molecule has 2 aliphatic rings. The summed E-state index contributed by atoms with van der Waals surface area (Å²) in [5, 5.41) is 0. The van der Waals surface area contributed by atoms with E-state index in [1.807, 2.05) is 35.2 Å². The van der Waals surface area contributed by atoms with E-state index in [1.165, 1.54) is 0 Å². The average Bonchev–Trinajstić information content (AvgIpc) is 2.64. The molecule has 0 spiro atoms. The van der Waals surface area contributed by atoms with Crippen molar-refractivity contribution in [3.8, 4) is 0 Å². The van der Waals surface area contributed by atoms with Gasteiger partial charge in [-0.1, -0.05) is 18.2 Å². The fourth-order valence-electron chi connectivity index (χ4n) is 2.84. The second kappa shape index (κ2) is 8.40. The largest absolute Gasteiger partial charge is 0.379 e. The Morgan fingerprint density at radius 3 is 2.57 bits per heavy atom. The zero-order valence-corrected chi connectivity index (χ0v) is 13.4. The van der Waals surface area contributed by atoms with Gasteiger partial charge >= 0.3 is 0 Å². The molecular formula is C17H24N2O4. The molecule has 1 aromatic carbocycles. The van der Waals surface area contributed by atoms with Crippen LogP contribution in [0.25, 0.3) is 0 Å². The van der Waals surface area contributed by atoms with Crippen molar-refractivity contribution in [1.82, 2.24) is 4.90 Å². The van der Waals surface area contributed by atoms with E-state index in [4.69, 9.17) is 14.2 Å². The highest BCUT2D eigenvalue weighted by Gasteiger charge is 2.28. The molecule has 0 aromatic heterocycles. The van der Waals surface area contributed by atoms with E-state index < -0.39 is 6.10 Å². The molecule has 2 aliphatic heterocycles. The first-order chi connectivity index (χ1) is 11.3. The zero-order chi connectivity index (χ0) is 15.9. The molecule has 6 heteroatoms. The van der Waals surface area contributed by atoms with Gasteiger partial charge < -0.3 is 19.1 Å². The molecule has 6 nitrogen and oxygen atoms in total. The first-order valence-corrected chi connectivity index (χ1v) is 8.20. The summed E-state index contributed by atoms with van der Waals surface area (Å²) in [4.78, 5) is 17.0. The van der Waals surface area contributed by atoms with Gasteiger partial charge in [0.15, 0.2) is 6.10 Å². The summed E-state index contributed by atoms with van der Waals surface area (Å²) >= 11 is 0. The lowest BCUT2D eigenvalue weighted by molar-refractivity contribution is -0.144. The van der Waals surface area contributed by atoms with Gasteiger partial charge in [-0.05, 0) is 12.1 Å². The molecule has 1 atom stereocenters. The number of amides is 1. The highest BCUT2D eigenvalue weighted by Crippen LogP contribution is 2.17. The quantitative estimate of drug-likeness (QED) is 0.802. The van der Waals surface area contributed by atoms with E-state index in [0.717, 1.165) is 38.5 Å².